The molecule has 1 amide bonds. The maximum absolute atomic E-state index is 12.3. The molecule has 0 bridgehead atoms. The zero-order valence-electron chi connectivity index (χ0n) is 18.1. The summed E-state index contributed by atoms with van der Waals surface area (Å²) in [6, 6.07) is 13.2. The summed E-state index contributed by atoms with van der Waals surface area (Å²) in [6.07, 6.45) is 1.00. The van der Waals surface area contributed by atoms with Crippen LogP contribution in [0.25, 0.3) is 10.2 Å². The number of carbonyl (C=O) groups is 2. The number of para-hydroxylation sites is 1. The minimum absolute atomic E-state index is 0.00255. The molecule has 0 spiro atoms. The minimum Gasteiger partial charge on any atom is -0.351 e. The number of carbonyl (C=O) groups excluding carboxylic acids is 2. The van der Waals surface area contributed by atoms with E-state index in [0.29, 0.717) is 17.7 Å². The lowest BCUT2D eigenvalue weighted by Crippen LogP contribution is -2.48. The van der Waals surface area contributed by atoms with Crippen molar-refractivity contribution in [2.45, 2.75) is 20.3 Å². The van der Waals surface area contributed by atoms with Crippen LogP contribution in [0.3, 0.4) is 0 Å². The van der Waals surface area contributed by atoms with Gasteiger partial charge in [-0.3, -0.25) is 14.5 Å². The SMILES string of the molecule is CCc1cccc2sc(N3CCN(CCNC(=O)c4ccc(C(C)=O)cc4)CC3)nc12. The summed E-state index contributed by atoms with van der Waals surface area (Å²) in [5, 5.41) is 4.09. The fourth-order valence-electron chi connectivity index (χ4n) is 3.86. The summed E-state index contributed by atoms with van der Waals surface area (Å²) in [5.41, 5.74) is 3.65. The Balaban J connectivity index is 1.25. The molecule has 0 aliphatic carbocycles. The van der Waals surface area contributed by atoms with E-state index in [1.165, 1.54) is 17.2 Å². The van der Waals surface area contributed by atoms with Crippen LogP contribution >= 0.6 is 11.3 Å². The molecule has 1 aliphatic heterocycles. The lowest BCUT2D eigenvalue weighted by molar-refractivity contribution is 0.0945. The number of anilines is 1. The standard InChI is InChI=1S/C24H28N4O2S/c1-3-18-5-4-6-21-22(18)26-24(31-21)28-15-13-27(14-16-28)12-11-25-23(30)20-9-7-19(8-10-20)17(2)29/h4-10H,3,11-16H2,1-2H3,(H,25,30). The van der Waals surface area contributed by atoms with Crippen molar-refractivity contribution < 1.29 is 9.59 Å². The minimum atomic E-state index is -0.102. The molecule has 1 aliphatic rings. The first-order valence-corrected chi connectivity index (χ1v) is 11.6. The van der Waals surface area contributed by atoms with Crippen molar-refractivity contribution in [3.05, 3.63) is 59.2 Å². The van der Waals surface area contributed by atoms with E-state index in [-0.39, 0.29) is 11.7 Å². The second kappa shape index (κ2) is 9.58. The normalized spacial score (nSPS) is 14.7. The molecule has 2 heterocycles. The molecule has 1 N–H and O–H groups in total. The highest BCUT2D eigenvalue weighted by atomic mass is 32.1. The van der Waals surface area contributed by atoms with Gasteiger partial charge in [-0.05, 0) is 37.1 Å². The van der Waals surface area contributed by atoms with E-state index >= 15 is 0 Å². The highest BCUT2D eigenvalue weighted by molar-refractivity contribution is 7.22. The molecule has 0 unspecified atom stereocenters. The predicted octanol–water partition coefficient (Wildman–Crippen LogP) is 3.61. The van der Waals surface area contributed by atoms with E-state index in [1.807, 2.05) is 0 Å². The molecule has 0 atom stereocenters. The Morgan fingerprint density at radius 2 is 1.74 bits per heavy atom. The van der Waals surface area contributed by atoms with Crippen molar-refractivity contribution in [3.63, 3.8) is 0 Å². The molecule has 3 aromatic rings. The lowest BCUT2D eigenvalue weighted by atomic mass is 10.1. The van der Waals surface area contributed by atoms with Crippen LogP contribution in [0.1, 0.15) is 40.1 Å². The number of ketones is 1. The maximum Gasteiger partial charge on any atom is 0.251 e. The number of nitrogens with zero attached hydrogens (tertiary/aromatic N) is 3. The number of fused-ring (bicyclic) bond motifs is 1. The van der Waals surface area contributed by atoms with Gasteiger partial charge in [0.25, 0.3) is 5.91 Å². The third-order valence-electron chi connectivity index (χ3n) is 5.78. The van der Waals surface area contributed by atoms with Crippen LogP contribution in [0.15, 0.2) is 42.5 Å². The zero-order valence-corrected chi connectivity index (χ0v) is 18.9. The third-order valence-corrected chi connectivity index (χ3v) is 6.86. The average Bonchev–Trinajstić information content (AvgIpc) is 3.24. The van der Waals surface area contributed by atoms with Crippen LogP contribution in [-0.4, -0.2) is 60.8 Å². The smallest absolute Gasteiger partial charge is 0.251 e. The lowest BCUT2D eigenvalue weighted by Gasteiger charge is -2.34. The average molecular weight is 437 g/mol. The Labute approximate surface area is 186 Å². The first kappa shape index (κ1) is 21.5. The Bertz CT molecular complexity index is 1070. The van der Waals surface area contributed by atoms with Crippen LogP contribution < -0.4 is 10.2 Å². The van der Waals surface area contributed by atoms with Gasteiger partial charge in [0.05, 0.1) is 10.2 Å². The number of hydrogen-bond acceptors (Lipinski definition) is 6. The number of rotatable bonds is 7. The molecule has 31 heavy (non-hydrogen) atoms. The summed E-state index contributed by atoms with van der Waals surface area (Å²) in [7, 11) is 0. The van der Waals surface area contributed by atoms with Crippen molar-refractivity contribution in [1.82, 2.24) is 15.2 Å². The Kier molecular flexibility index (Phi) is 6.63. The topological polar surface area (TPSA) is 65.5 Å². The van der Waals surface area contributed by atoms with Crippen molar-refractivity contribution in [2.75, 3.05) is 44.2 Å². The van der Waals surface area contributed by atoms with Gasteiger partial charge in [0, 0.05) is 50.4 Å². The molecule has 1 saturated heterocycles. The number of amides is 1. The molecule has 0 radical (unpaired) electrons. The van der Waals surface area contributed by atoms with Crippen molar-refractivity contribution in [3.8, 4) is 0 Å². The van der Waals surface area contributed by atoms with Gasteiger partial charge < -0.3 is 10.2 Å². The van der Waals surface area contributed by atoms with Gasteiger partial charge in [-0.1, -0.05) is 42.5 Å². The van der Waals surface area contributed by atoms with Crippen molar-refractivity contribution >= 4 is 38.4 Å². The summed E-state index contributed by atoms with van der Waals surface area (Å²) in [4.78, 5) is 33.3. The van der Waals surface area contributed by atoms with Gasteiger partial charge >= 0.3 is 0 Å². The van der Waals surface area contributed by atoms with E-state index in [4.69, 9.17) is 4.98 Å². The fourth-order valence-corrected chi connectivity index (χ4v) is 4.93. The molecule has 7 heteroatoms. The Morgan fingerprint density at radius 3 is 2.42 bits per heavy atom. The number of hydrogen-bond donors (Lipinski definition) is 1. The molecular formula is C24H28N4O2S. The molecule has 6 nitrogen and oxygen atoms in total. The van der Waals surface area contributed by atoms with E-state index in [9.17, 15) is 9.59 Å². The second-order valence-electron chi connectivity index (χ2n) is 7.83. The van der Waals surface area contributed by atoms with Gasteiger partial charge in [0.15, 0.2) is 10.9 Å². The summed E-state index contributed by atoms with van der Waals surface area (Å²) >= 11 is 1.77. The summed E-state index contributed by atoms with van der Waals surface area (Å²) in [5.74, 6) is -0.0994. The van der Waals surface area contributed by atoms with Crippen LogP contribution in [0.4, 0.5) is 5.13 Å². The maximum atomic E-state index is 12.3. The molecule has 2 aromatic carbocycles. The Morgan fingerprint density at radius 1 is 1.03 bits per heavy atom. The fraction of sp³-hybridized carbons (Fsp3) is 0.375. The highest BCUT2D eigenvalue weighted by Gasteiger charge is 2.20. The number of aromatic nitrogens is 1. The van der Waals surface area contributed by atoms with Crippen molar-refractivity contribution in [2.24, 2.45) is 0 Å². The monoisotopic (exact) mass is 436 g/mol. The van der Waals surface area contributed by atoms with Crippen LogP contribution in [0.2, 0.25) is 0 Å². The number of Topliss-reactive ketones (excluding diaryl/α,β-unsaturated/α-hetero) is 1. The number of nitrogens with one attached hydrogen (secondary N) is 1. The second-order valence-corrected chi connectivity index (χ2v) is 8.84. The molecule has 4 rings (SSSR count). The van der Waals surface area contributed by atoms with E-state index in [1.54, 1.807) is 35.6 Å². The van der Waals surface area contributed by atoms with Gasteiger partial charge in [-0.25, -0.2) is 4.98 Å². The van der Waals surface area contributed by atoms with E-state index in [0.717, 1.165) is 49.8 Å². The molecule has 1 aromatic heterocycles. The van der Waals surface area contributed by atoms with Gasteiger partial charge in [-0.15, -0.1) is 0 Å². The summed E-state index contributed by atoms with van der Waals surface area (Å²) in [6.45, 7) is 8.93. The largest absolute Gasteiger partial charge is 0.351 e. The van der Waals surface area contributed by atoms with Crippen molar-refractivity contribution in [1.29, 1.82) is 0 Å². The van der Waals surface area contributed by atoms with Gasteiger partial charge in [0.2, 0.25) is 0 Å². The van der Waals surface area contributed by atoms with E-state index in [2.05, 4.69) is 40.2 Å². The van der Waals surface area contributed by atoms with Crippen LogP contribution in [-0.2, 0) is 6.42 Å². The number of benzene rings is 2. The first-order chi connectivity index (χ1) is 15.0. The Hall–Kier alpha value is -2.77. The van der Waals surface area contributed by atoms with Gasteiger partial charge in [-0.2, -0.15) is 0 Å². The number of piperazine rings is 1. The highest BCUT2D eigenvalue weighted by Crippen LogP contribution is 2.31. The summed E-state index contributed by atoms with van der Waals surface area (Å²) < 4.78 is 1.26. The third kappa shape index (κ3) is 4.94. The quantitative estimate of drug-likeness (QED) is 0.573. The molecular weight excluding hydrogens is 408 g/mol. The van der Waals surface area contributed by atoms with Gasteiger partial charge in [0.1, 0.15) is 0 Å². The predicted molar refractivity (Wildman–Crippen MR) is 126 cm³/mol. The van der Waals surface area contributed by atoms with Crippen LogP contribution in [0, 0.1) is 0 Å². The molecule has 162 valence electrons. The first-order valence-electron chi connectivity index (χ1n) is 10.8. The number of aryl methyl sites for hydroxylation is 1. The molecule has 1 fully saturated rings. The zero-order chi connectivity index (χ0) is 21.8. The van der Waals surface area contributed by atoms with Crippen LogP contribution in [0.5, 0.6) is 0 Å². The number of thiazole rings is 1. The molecule has 0 saturated carbocycles. The van der Waals surface area contributed by atoms with E-state index < -0.39 is 0 Å².